The number of anilines is 3. The van der Waals surface area contributed by atoms with Crippen LogP contribution in [-0.2, 0) is 28.8 Å². The molecule has 7 saturated heterocycles. The number of aromatic nitrogens is 3. The van der Waals surface area contributed by atoms with Gasteiger partial charge in [0.05, 0.1) is 12.1 Å². The van der Waals surface area contributed by atoms with Gasteiger partial charge < -0.3 is 57.2 Å². The van der Waals surface area contributed by atoms with Gasteiger partial charge in [-0.25, -0.2) is 4.79 Å². The van der Waals surface area contributed by atoms with E-state index in [9.17, 15) is 33.6 Å². The van der Waals surface area contributed by atoms with Crippen LogP contribution in [0.2, 0.25) is 0 Å². The summed E-state index contributed by atoms with van der Waals surface area (Å²) in [4.78, 5) is 108. The monoisotopic (exact) mass is 1090 g/mol. The molecule has 21 nitrogen and oxygen atoms in total. The summed E-state index contributed by atoms with van der Waals surface area (Å²) in [5, 5.41) is 25.7. The van der Waals surface area contributed by atoms with Crippen LogP contribution in [0.25, 0.3) is 0 Å². The van der Waals surface area contributed by atoms with Crippen molar-refractivity contribution in [2.45, 2.75) is 201 Å². The molecule has 1 aromatic heterocycles. The number of nitrogens with one attached hydrogen (secondary N) is 8. The molecule has 422 valence electrons. The molecular weight excluding hydrogens is 1010 g/mol. The van der Waals surface area contributed by atoms with Crippen molar-refractivity contribution in [2.75, 3.05) is 78.6 Å². The third kappa shape index (κ3) is 17.6. The highest BCUT2D eigenvalue weighted by atomic mass is 32.2. The van der Waals surface area contributed by atoms with E-state index in [1.807, 2.05) is 23.5 Å². The highest BCUT2D eigenvalue weighted by molar-refractivity contribution is 8.00. The molecule has 0 spiro atoms. The molecule has 0 aliphatic carbocycles. The Hall–Kier alpha value is -4.80. The van der Waals surface area contributed by atoms with Crippen LogP contribution in [0.3, 0.4) is 0 Å². The SMILES string of the molecule is CC(=O)NC1CCN(c2nc(N3CCC(NC(=O)CCCCCNC(=O)CCCC[C@@H]4SCC5CC(=O)NC54)CC3)nc(N3CCC(NC(=O)CCCCCNC(=O)CCCC[C@@H]4SCC5NC(=O)NC54)CC3)n2)CC1. The van der Waals surface area contributed by atoms with Crippen molar-refractivity contribution in [1.29, 1.82) is 0 Å². The molecule has 76 heavy (non-hydrogen) atoms. The van der Waals surface area contributed by atoms with Crippen molar-refractivity contribution < 1.29 is 33.6 Å². The summed E-state index contributed by atoms with van der Waals surface area (Å²) in [6.45, 7) is 7.01. The Labute approximate surface area is 457 Å². The minimum Gasteiger partial charge on any atom is -0.356 e. The Morgan fingerprint density at radius 2 is 0.947 bits per heavy atom. The van der Waals surface area contributed by atoms with E-state index in [1.165, 1.54) is 0 Å². The number of carbonyl (C=O) groups is 7. The van der Waals surface area contributed by atoms with Gasteiger partial charge in [0, 0.05) is 132 Å². The fourth-order valence-electron chi connectivity index (χ4n) is 11.9. The third-order valence-electron chi connectivity index (χ3n) is 16.3. The molecule has 8 amide bonds. The molecule has 8 heterocycles. The standard InChI is InChI=1S/C53H86N14O7S2/c1-35(68)56-37-18-26-65(27-19-37)50-62-51(66-28-20-38(21-29-66)57-45(71)16-4-2-10-24-54-43(69)14-8-6-12-41-48-36(33-75-41)32-47(73)60-48)64-52(63-50)67-30-22-39(23-31-67)58-46(72)17-5-3-11-25-55-44(70)15-9-7-13-42-49-40(34-76-42)59-53(74)61-49/h36-42,48-49H,2-34H2,1H3,(H,54,69)(H,55,70)(H,56,68)(H,57,71)(H,58,72)(H,60,73)(H2,59,61,74)/t36?,40?,41-,42-,48?,49?/m0/s1. The summed E-state index contributed by atoms with van der Waals surface area (Å²) in [7, 11) is 0. The summed E-state index contributed by atoms with van der Waals surface area (Å²) in [5.41, 5.74) is 0. The number of hydrogen-bond donors (Lipinski definition) is 8. The number of urea groups is 1. The van der Waals surface area contributed by atoms with E-state index in [0.717, 1.165) is 127 Å². The molecule has 7 fully saturated rings. The van der Waals surface area contributed by atoms with Gasteiger partial charge in [-0.3, -0.25) is 28.8 Å². The lowest BCUT2D eigenvalue weighted by molar-refractivity contribution is -0.123. The summed E-state index contributed by atoms with van der Waals surface area (Å²) >= 11 is 3.87. The Kier molecular flexibility index (Phi) is 22.1. The molecule has 8 N–H and O–H groups in total. The molecule has 23 heteroatoms. The maximum atomic E-state index is 13.0. The van der Waals surface area contributed by atoms with Crippen LogP contribution < -0.4 is 57.2 Å². The average Bonchev–Trinajstić information content (AvgIpc) is 4.18. The van der Waals surface area contributed by atoms with Crippen LogP contribution in [0, 0.1) is 5.92 Å². The number of hydrogen-bond acceptors (Lipinski definition) is 15. The van der Waals surface area contributed by atoms with Crippen LogP contribution in [0.4, 0.5) is 22.6 Å². The Balaban J connectivity index is 0.689. The number of piperidine rings is 3. The van der Waals surface area contributed by atoms with Crippen molar-refractivity contribution in [3.8, 4) is 0 Å². The van der Waals surface area contributed by atoms with Gasteiger partial charge in [0.1, 0.15) is 0 Å². The third-order valence-corrected chi connectivity index (χ3v) is 19.4. The molecular formula is C53H86N14O7S2. The molecule has 0 bridgehead atoms. The van der Waals surface area contributed by atoms with Crippen molar-refractivity contribution in [3.05, 3.63) is 0 Å². The lowest BCUT2D eigenvalue weighted by Gasteiger charge is -2.36. The Morgan fingerprint density at radius 1 is 0.513 bits per heavy atom. The maximum Gasteiger partial charge on any atom is 0.315 e. The number of nitrogens with zero attached hydrogens (tertiary/aromatic N) is 6. The molecule has 7 aliphatic rings. The zero-order valence-electron chi connectivity index (χ0n) is 44.9. The number of unbranched alkanes of at least 4 members (excludes halogenated alkanes) is 6. The van der Waals surface area contributed by atoms with Crippen molar-refractivity contribution in [2.24, 2.45) is 5.92 Å². The van der Waals surface area contributed by atoms with E-state index >= 15 is 0 Å². The molecule has 0 saturated carbocycles. The molecule has 7 aliphatic heterocycles. The van der Waals surface area contributed by atoms with E-state index in [2.05, 4.69) is 57.2 Å². The predicted octanol–water partition coefficient (Wildman–Crippen LogP) is 3.41. The number of thioether (sulfide) groups is 2. The number of amides is 8. The van der Waals surface area contributed by atoms with Gasteiger partial charge in [0.25, 0.3) is 0 Å². The zero-order valence-corrected chi connectivity index (χ0v) is 46.5. The molecule has 1 aromatic rings. The topological polar surface area (TPSA) is 264 Å². The van der Waals surface area contributed by atoms with Crippen LogP contribution in [0.5, 0.6) is 0 Å². The van der Waals surface area contributed by atoms with Gasteiger partial charge >= 0.3 is 6.03 Å². The lowest BCUT2D eigenvalue weighted by atomic mass is 9.97. The van der Waals surface area contributed by atoms with E-state index in [1.54, 1.807) is 6.92 Å². The van der Waals surface area contributed by atoms with E-state index in [-0.39, 0.29) is 71.7 Å². The smallest absolute Gasteiger partial charge is 0.315 e. The summed E-state index contributed by atoms with van der Waals surface area (Å²) < 4.78 is 0. The summed E-state index contributed by atoms with van der Waals surface area (Å²) in [6.07, 6.45) is 18.0. The molecule has 4 unspecified atom stereocenters. The van der Waals surface area contributed by atoms with Crippen LogP contribution in [0.15, 0.2) is 0 Å². The van der Waals surface area contributed by atoms with Crippen molar-refractivity contribution in [1.82, 2.24) is 57.5 Å². The van der Waals surface area contributed by atoms with Crippen LogP contribution >= 0.6 is 23.5 Å². The van der Waals surface area contributed by atoms with Gasteiger partial charge in [-0.05, 0) is 102 Å². The quantitative estimate of drug-likeness (QED) is 0.0442. The average molecular weight is 1100 g/mol. The Bertz CT molecular complexity index is 2000. The summed E-state index contributed by atoms with van der Waals surface area (Å²) in [5.74, 6) is 4.81. The van der Waals surface area contributed by atoms with Gasteiger partial charge in [-0.1, -0.05) is 25.7 Å². The van der Waals surface area contributed by atoms with E-state index < -0.39 is 0 Å². The van der Waals surface area contributed by atoms with Crippen molar-refractivity contribution >= 4 is 82.8 Å². The molecule has 6 atom stereocenters. The highest BCUT2D eigenvalue weighted by Crippen LogP contribution is 2.39. The zero-order chi connectivity index (χ0) is 53.2. The molecule has 8 rings (SSSR count). The Morgan fingerprint density at radius 3 is 1.43 bits per heavy atom. The summed E-state index contributed by atoms with van der Waals surface area (Å²) in [6, 6.07) is 0.941. The fraction of sp³-hybridized carbons (Fsp3) is 0.811. The second-order valence-electron chi connectivity index (χ2n) is 22.2. The number of fused-ring (bicyclic) bond motifs is 2. The van der Waals surface area contributed by atoms with E-state index in [0.29, 0.717) is 125 Å². The van der Waals surface area contributed by atoms with Crippen LogP contribution in [-0.4, -0.2) is 167 Å². The number of carbonyl (C=O) groups excluding carboxylic acids is 7. The first-order valence-electron chi connectivity index (χ1n) is 28.9. The van der Waals surface area contributed by atoms with E-state index in [4.69, 9.17) is 15.0 Å². The lowest BCUT2D eigenvalue weighted by Crippen LogP contribution is -2.47. The highest BCUT2D eigenvalue weighted by Gasteiger charge is 2.44. The van der Waals surface area contributed by atoms with Crippen LogP contribution in [0.1, 0.15) is 155 Å². The minimum absolute atomic E-state index is 0.0219. The first kappa shape index (κ1) is 57.4. The first-order chi connectivity index (χ1) is 36.9. The fourth-order valence-corrected chi connectivity index (χ4v) is 15.1. The maximum absolute atomic E-state index is 13.0. The van der Waals surface area contributed by atoms with Gasteiger partial charge in [-0.2, -0.15) is 38.5 Å². The van der Waals surface area contributed by atoms with Gasteiger partial charge in [0.2, 0.25) is 53.3 Å². The van der Waals surface area contributed by atoms with Gasteiger partial charge in [-0.15, -0.1) is 0 Å². The minimum atomic E-state index is -0.0676. The second-order valence-corrected chi connectivity index (χ2v) is 24.8. The molecule has 0 aromatic carbocycles. The van der Waals surface area contributed by atoms with Crippen molar-refractivity contribution in [3.63, 3.8) is 0 Å². The largest absolute Gasteiger partial charge is 0.356 e. The van der Waals surface area contributed by atoms with Gasteiger partial charge in [0.15, 0.2) is 0 Å². The first-order valence-corrected chi connectivity index (χ1v) is 31.0. The normalized spacial score (nSPS) is 24.8. The molecule has 0 radical (unpaired) electrons. The second kappa shape index (κ2) is 29.3. The number of rotatable bonds is 28. The predicted molar refractivity (Wildman–Crippen MR) is 297 cm³/mol.